The second-order valence-corrected chi connectivity index (χ2v) is 4.79. The molecule has 0 fully saturated rings. The van der Waals surface area contributed by atoms with Crippen molar-refractivity contribution in [2.75, 3.05) is 0 Å². The average Bonchev–Trinajstić information content (AvgIpc) is 2.33. The van der Waals surface area contributed by atoms with Crippen LogP contribution in [0.25, 0.3) is 0 Å². The Kier molecular flexibility index (Phi) is 3.78. The fourth-order valence-electron chi connectivity index (χ4n) is 1.82. The van der Waals surface area contributed by atoms with Gasteiger partial charge in [0.05, 0.1) is 0 Å². The van der Waals surface area contributed by atoms with E-state index >= 15 is 0 Å². The Morgan fingerprint density at radius 3 is 2.72 bits per heavy atom. The summed E-state index contributed by atoms with van der Waals surface area (Å²) in [5.41, 5.74) is 3.55. The van der Waals surface area contributed by atoms with Crippen molar-refractivity contribution in [1.82, 2.24) is 4.98 Å². The van der Waals surface area contributed by atoms with E-state index in [1.54, 1.807) is 12.4 Å². The van der Waals surface area contributed by atoms with Crippen LogP contribution in [0.1, 0.15) is 27.0 Å². The van der Waals surface area contributed by atoms with E-state index in [2.05, 4.69) is 4.98 Å². The number of aryl methyl sites for hydroxylation is 2. The molecule has 1 aromatic heterocycles. The summed E-state index contributed by atoms with van der Waals surface area (Å²) in [4.78, 5) is 16.2. The van der Waals surface area contributed by atoms with Crippen molar-refractivity contribution < 1.29 is 4.79 Å². The van der Waals surface area contributed by atoms with E-state index in [4.69, 9.17) is 11.6 Å². The zero-order valence-electron chi connectivity index (χ0n) is 10.4. The lowest BCUT2D eigenvalue weighted by Gasteiger charge is -2.06. The summed E-state index contributed by atoms with van der Waals surface area (Å²) in [7, 11) is 0. The minimum atomic E-state index is 0.0475. The van der Waals surface area contributed by atoms with Crippen LogP contribution in [-0.2, 0) is 6.42 Å². The highest BCUT2D eigenvalue weighted by Gasteiger charge is 2.11. The first-order chi connectivity index (χ1) is 8.58. The van der Waals surface area contributed by atoms with Gasteiger partial charge < -0.3 is 0 Å². The SMILES string of the molecule is Cc1ccc(CC(=O)c2cnccc2C)c(Cl)c1. The number of benzene rings is 1. The first kappa shape index (κ1) is 12.8. The van der Waals surface area contributed by atoms with E-state index < -0.39 is 0 Å². The average molecular weight is 260 g/mol. The molecule has 0 N–H and O–H groups in total. The van der Waals surface area contributed by atoms with Gasteiger partial charge in [-0.05, 0) is 42.7 Å². The van der Waals surface area contributed by atoms with E-state index in [1.807, 2.05) is 38.1 Å². The van der Waals surface area contributed by atoms with E-state index in [-0.39, 0.29) is 5.78 Å². The summed E-state index contributed by atoms with van der Waals surface area (Å²) in [5.74, 6) is 0.0475. The van der Waals surface area contributed by atoms with E-state index in [0.29, 0.717) is 17.0 Å². The van der Waals surface area contributed by atoms with Gasteiger partial charge >= 0.3 is 0 Å². The minimum Gasteiger partial charge on any atom is -0.294 e. The molecule has 1 aromatic carbocycles. The highest BCUT2D eigenvalue weighted by Crippen LogP contribution is 2.20. The maximum absolute atomic E-state index is 12.2. The molecule has 0 amide bonds. The fraction of sp³-hybridized carbons (Fsp3) is 0.200. The predicted molar refractivity (Wildman–Crippen MR) is 73.2 cm³/mol. The van der Waals surface area contributed by atoms with Gasteiger partial charge in [0.1, 0.15) is 0 Å². The normalized spacial score (nSPS) is 10.4. The highest BCUT2D eigenvalue weighted by atomic mass is 35.5. The summed E-state index contributed by atoms with van der Waals surface area (Å²) in [6.45, 7) is 3.88. The number of halogens is 1. The molecule has 0 unspecified atom stereocenters. The second kappa shape index (κ2) is 5.32. The number of aromatic nitrogens is 1. The van der Waals surface area contributed by atoms with Gasteiger partial charge in [0.25, 0.3) is 0 Å². The van der Waals surface area contributed by atoms with Crippen molar-refractivity contribution in [3.63, 3.8) is 0 Å². The third kappa shape index (κ3) is 2.77. The van der Waals surface area contributed by atoms with Crippen LogP contribution < -0.4 is 0 Å². The van der Waals surface area contributed by atoms with Crippen molar-refractivity contribution in [2.45, 2.75) is 20.3 Å². The number of carbonyl (C=O) groups is 1. The predicted octanol–water partition coefficient (Wildman–Crippen LogP) is 3.78. The largest absolute Gasteiger partial charge is 0.294 e. The molecule has 18 heavy (non-hydrogen) atoms. The molecule has 0 spiro atoms. The van der Waals surface area contributed by atoms with Crippen LogP contribution in [0.5, 0.6) is 0 Å². The van der Waals surface area contributed by atoms with E-state index in [1.165, 1.54) is 0 Å². The minimum absolute atomic E-state index is 0.0475. The van der Waals surface area contributed by atoms with Crippen LogP contribution in [0.15, 0.2) is 36.7 Å². The van der Waals surface area contributed by atoms with Gasteiger partial charge in [-0.1, -0.05) is 23.7 Å². The number of rotatable bonds is 3. The summed E-state index contributed by atoms with van der Waals surface area (Å²) in [6.07, 6.45) is 3.61. The van der Waals surface area contributed by atoms with Crippen LogP contribution in [0.2, 0.25) is 5.02 Å². The zero-order valence-corrected chi connectivity index (χ0v) is 11.2. The molecular weight excluding hydrogens is 246 g/mol. The number of hydrogen-bond acceptors (Lipinski definition) is 2. The Morgan fingerprint density at radius 2 is 2.06 bits per heavy atom. The molecule has 2 rings (SSSR count). The van der Waals surface area contributed by atoms with Crippen molar-refractivity contribution in [1.29, 1.82) is 0 Å². The van der Waals surface area contributed by atoms with Gasteiger partial charge in [-0.2, -0.15) is 0 Å². The lowest BCUT2D eigenvalue weighted by atomic mass is 10.0. The molecular formula is C15H14ClNO. The summed E-state index contributed by atoms with van der Waals surface area (Å²) < 4.78 is 0. The molecule has 0 bridgehead atoms. The Bertz CT molecular complexity index is 593. The quantitative estimate of drug-likeness (QED) is 0.786. The number of Topliss-reactive ketones (excluding diaryl/α,β-unsaturated/α-hetero) is 1. The van der Waals surface area contributed by atoms with Gasteiger partial charge in [-0.15, -0.1) is 0 Å². The topological polar surface area (TPSA) is 30.0 Å². The van der Waals surface area contributed by atoms with Gasteiger partial charge in [0, 0.05) is 29.4 Å². The summed E-state index contributed by atoms with van der Waals surface area (Å²) in [5, 5.41) is 0.643. The Hall–Kier alpha value is -1.67. The first-order valence-corrected chi connectivity index (χ1v) is 6.14. The highest BCUT2D eigenvalue weighted by molar-refractivity contribution is 6.31. The zero-order chi connectivity index (χ0) is 13.1. The van der Waals surface area contributed by atoms with Crippen molar-refractivity contribution >= 4 is 17.4 Å². The number of nitrogens with zero attached hydrogens (tertiary/aromatic N) is 1. The standard InChI is InChI=1S/C15H14ClNO/c1-10-3-4-12(14(16)7-10)8-15(18)13-9-17-6-5-11(13)2/h3-7,9H,8H2,1-2H3. The first-order valence-electron chi connectivity index (χ1n) is 5.77. The number of carbonyl (C=O) groups excluding carboxylic acids is 1. The van der Waals surface area contributed by atoms with E-state index in [0.717, 1.165) is 16.7 Å². The van der Waals surface area contributed by atoms with Gasteiger partial charge in [0.2, 0.25) is 0 Å². The van der Waals surface area contributed by atoms with Crippen molar-refractivity contribution in [3.8, 4) is 0 Å². The van der Waals surface area contributed by atoms with E-state index in [9.17, 15) is 4.79 Å². The molecule has 2 nitrogen and oxygen atoms in total. The molecule has 3 heteroatoms. The van der Waals surface area contributed by atoms with Gasteiger partial charge in [-0.3, -0.25) is 9.78 Å². The van der Waals surface area contributed by atoms with Crippen LogP contribution in [-0.4, -0.2) is 10.8 Å². The van der Waals surface area contributed by atoms with Crippen LogP contribution in [0.4, 0.5) is 0 Å². The summed E-state index contributed by atoms with van der Waals surface area (Å²) in [6, 6.07) is 7.58. The molecule has 0 aliphatic rings. The maximum atomic E-state index is 12.2. The monoisotopic (exact) mass is 259 g/mol. The third-order valence-corrected chi connectivity index (χ3v) is 3.25. The Morgan fingerprint density at radius 1 is 1.28 bits per heavy atom. The van der Waals surface area contributed by atoms with Crippen molar-refractivity contribution in [2.24, 2.45) is 0 Å². The molecule has 0 aliphatic carbocycles. The molecule has 0 radical (unpaired) electrons. The Balaban J connectivity index is 2.24. The number of hydrogen-bond donors (Lipinski definition) is 0. The molecule has 0 saturated heterocycles. The molecule has 2 aromatic rings. The van der Waals surface area contributed by atoms with Crippen molar-refractivity contribution in [3.05, 3.63) is 63.9 Å². The number of pyridine rings is 1. The second-order valence-electron chi connectivity index (χ2n) is 4.39. The lowest BCUT2D eigenvalue weighted by Crippen LogP contribution is -2.06. The molecule has 0 aliphatic heterocycles. The lowest BCUT2D eigenvalue weighted by molar-refractivity contribution is 0.0992. The number of ketones is 1. The van der Waals surface area contributed by atoms with Gasteiger partial charge in [-0.25, -0.2) is 0 Å². The summed E-state index contributed by atoms with van der Waals surface area (Å²) >= 11 is 6.13. The van der Waals surface area contributed by atoms with Crippen LogP contribution >= 0.6 is 11.6 Å². The molecule has 92 valence electrons. The molecule has 1 heterocycles. The smallest absolute Gasteiger partial charge is 0.169 e. The fourth-order valence-corrected chi connectivity index (χ4v) is 2.12. The third-order valence-electron chi connectivity index (χ3n) is 2.90. The van der Waals surface area contributed by atoms with Gasteiger partial charge in [0.15, 0.2) is 5.78 Å². The molecule has 0 atom stereocenters. The van der Waals surface area contributed by atoms with Crippen LogP contribution in [0.3, 0.4) is 0 Å². The van der Waals surface area contributed by atoms with Crippen LogP contribution in [0, 0.1) is 13.8 Å². The molecule has 0 saturated carbocycles. The maximum Gasteiger partial charge on any atom is 0.169 e. The Labute approximate surface area is 112 Å².